The summed E-state index contributed by atoms with van der Waals surface area (Å²) in [6.45, 7) is 7.87. The Morgan fingerprint density at radius 3 is 2.37 bits per heavy atom. The van der Waals surface area contributed by atoms with E-state index in [1.165, 1.54) is 11.1 Å². The number of hydrogen-bond donors (Lipinski definition) is 1. The number of halogens is 1. The Balaban J connectivity index is 4.00. The van der Waals surface area contributed by atoms with Gasteiger partial charge in [0.15, 0.2) is 0 Å². The molecule has 1 N–H and O–H groups in total. The van der Waals surface area contributed by atoms with Crippen LogP contribution in [-0.2, 0) is 0 Å². The summed E-state index contributed by atoms with van der Waals surface area (Å²) < 4.78 is 0. The summed E-state index contributed by atoms with van der Waals surface area (Å²) in [5.41, 5.74) is 1.97. The first kappa shape index (κ1) is 18.4. The molecule has 0 rings (SSSR count). The molecule has 0 spiro atoms. The molecule has 0 heterocycles. The van der Waals surface area contributed by atoms with Crippen molar-refractivity contribution in [3.05, 3.63) is 23.3 Å². The van der Waals surface area contributed by atoms with Gasteiger partial charge < -0.3 is 5.11 Å². The molecule has 0 amide bonds. The SMILES string of the molecule is CC(=CCC#N)CCC=C(C)CCC(Br)C(C)(C)O. The lowest BCUT2D eigenvalue weighted by atomic mass is 9.98. The third kappa shape index (κ3) is 9.92. The smallest absolute Gasteiger partial charge is 0.0716 e. The summed E-state index contributed by atoms with van der Waals surface area (Å²) >= 11 is 3.53. The largest absolute Gasteiger partial charge is 0.389 e. The van der Waals surface area contributed by atoms with Crippen LogP contribution in [0.4, 0.5) is 0 Å². The molecule has 0 aromatic rings. The van der Waals surface area contributed by atoms with Crippen LogP contribution < -0.4 is 0 Å². The topological polar surface area (TPSA) is 44.0 Å². The van der Waals surface area contributed by atoms with E-state index in [0.29, 0.717) is 6.42 Å². The first-order valence-electron chi connectivity index (χ1n) is 6.82. The molecule has 0 aliphatic carbocycles. The first-order valence-corrected chi connectivity index (χ1v) is 7.73. The molecule has 1 atom stereocenters. The molecule has 0 saturated carbocycles. The molecule has 0 saturated heterocycles. The molecular formula is C16H26BrNO. The highest BCUT2D eigenvalue weighted by Gasteiger charge is 2.23. The molecule has 19 heavy (non-hydrogen) atoms. The zero-order valence-corrected chi connectivity index (χ0v) is 14.1. The molecule has 0 radical (unpaired) electrons. The van der Waals surface area contributed by atoms with Gasteiger partial charge in [-0.1, -0.05) is 39.2 Å². The van der Waals surface area contributed by atoms with Gasteiger partial charge in [-0.05, 0) is 53.4 Å². The van der Waals surface area contributed by atoms with Crippen LogP contribution in [0.5, 0.6) is 0 Å². The highest BCUT2D eigenvalue weighted by Crippen LogP contribution is 2.24. The lowest BCUT2D eigenvalue weighted by Gasteiger charge is -2.24. The average Bonchev–Trinajstić information content (AvgIpc) is 2.32. The molecular weight excluding hydrogens is 302 g/mol. The molecule has 0 aromatic heterocycles. The molecule has 108 valence electrons. The summed E-state index contributed by atoms with van der Waals surface area (Å²) in [5, 5.41) is 18.3. The van der Waals surface area contributed by atoms with Gasteiger partial charge >= 0.3 is 0 Å². The van der Waals surface area contributed by atoms with Gasteiger partial charge in [-0.3, -0.25) is 0 Å². The standard InChI is InChI=1S/C16H26BrNO/c1-13(9-6-12-18)7-5-8-14(2)10-11-15(17)16(3,4)19/h8-9,15,19H,5-7,10-11H2,1-4H3. The molecule has 0 aliphatic heterocycles. The number of hydrogen-bond acceptors (Lipinski definition) is 2. The van der Waals surface area contributed by atoms with Crippen molar-refractivity contribution < 1.29 is 5.11 Å². The van der Waals surface area contributed by atoms with Crippen LogP contribution in [-0.4, -0.2) is 15.5 Å². The Morgan fingerprint density at radius 1 is 1.26 bits per heavy atom. The summed E-state index contributed by atoms with van der Waals surface area (Å²) in [6, 6.07) is 2.12. The quantitative estimate of drug-likeness (QED) is 0.509. The Bertz CT molecular complexity index is 358. The van der Waals surface area contributed by atoms with E-state index >= 15 is 0 Å². The third-order valence-corrected chi connectivity index (χ3v) is 4.71. The van der Waals surface area contributed by atoms with Crippen LogP contribution in [0.25, 0.3) is 0 Å². The van der Waals surface area contributed by atoms with Crippen molar-refractivity contribution in [2.75, 3.05) is 0 Å². The van der Waals surface area contributed by atoms with Crippen molar-refractivity contribution in [2.24, 2.45) is 0 Å². The zero-order valence-electron chi connectivity index (χ0n) is 12.5. The number of allylic oxidation sites excluding steroid dienone is 4. The van der Waals surface area contributed by atoms with Gasteiger partial charge in [-0.2, -0.15) is 5.26 Å². The number of aliphatic hydroxyl groups is 1. The summed E-state index contributed by atoms with van der Waals surface area (Å²) in [5.74, 6) is 0. The second-order valence-corrected chi connectivity index (χ2v) is 6.77. The number of rotatable bonds is 8. The van der Waals surface area contributed by atoms with E-state index < -0.39 is 5.60 Å². The highest BCUT2D eigenvalue weighted by atomic mass is 79.9. The minimum absolute atomic E-state index is 0.126. The lowest BCUT2D eigenvalue weighted by Crippen LogP contribution is -2.31. The van der Waals surface area contributed by atoms with Crippen molar-refractivity contribution in [3.63, 3.8) is 0 Å². The molecule has 3 heteroatoms. The van der Waals surface area contributed by atoms with E-state index in [-0.39, 0.29) is 4.83 Å². The number of alkyl halides is 1. The maximum absolute atomic E-state index is 9.83. The van der Waals surface area contributed by atoms with Gasteiger partial charge in [0.1, 0.15) is 0 Å². The molecule has 0 aromatic carbocycles. The van der Waals surface area contributed by atoms with Gasteiger partial charge in [0.2, 0.25) is 0 Å². The van der Waals surface area contributed by atoms with Gasteiger partial charge in [-0.25, -0.2) is 0 Å². The van der Waals surface area contributed by atoms with Crippen LogP contribution in [0.2, 0.25) is 0 Å². The number of nitrogens with zero attached hydrogens (tertiary/aromatic N) is 1. The van der Waals surface area contributed by atoms with E-state index in [1.807, 2.05) is 19.9 Å². The molecule has 0 fully saturated rings. The maximum atomic E-state index is 9.83. The summed E-state index contributed by atoms with van der Waals surface area (Å²) in [6.07, 6.45) is 8.73. The van der Waals surface area contributed by atoms with E-state index in [4.69, 9.17) is 5.26 Å². The first-order chi connectivity index (χ1) is 8.77. The van der Waals surface area contributed by atoms with E-state index in [9.17, 15) is 5.11 Å². The fourth-order valence-corrected chi connectivity index (χ4v) is 1.91. The normalized spacial score (nSPS) is 15.2. The van der Waals surface area contributed by atoms with Gasteiger partial charge in [0.05, 0.1) is 18.1 Å². The van der Waals surface area contributed by atoms with Crippen molar-refractivity contribution in [1.29, 1.82) is 5.26 Å². The fraction of sp³-hybridized carbons (Fsp3) is 0.688. The minimum atomic E-state index is -0.670. The second-order valence-electron chi connectivity index (χ2n) is 5.66. The van der Waals surface area contributed by atoms with Crippen molar-refractivity contribution in [1.82, 2.24) is 0 Å². The Hall–Kier alpha value is -0.590. The maximum Gasteiger partial charge on any atom is 0.0716 e. The Kier molecular flexibility index (Phi) is 9.05. The molecule has 0 aliphatic rings. The van der Waals surface area contributed by atoms with Crippen LogP contribution in [0, 0.1) is 11.3 Å². The van der Waals surface area contributed by atoms with E-state index in [0.717, 1.165) is 25.7 Å². The second kappa shape index (κ2) is 9.34. The van der Waals surface area contributed by atoms with Crippen LogP contribution in [0.15, 0.2) is 23.3 Å². The number of nitriles is 1. The van der Waals surface area contributed by atoms with Crippen LogP contribution >= 0.6 is 15.9 Å². The van der Waals surface area contributed by atoms with Gasteiger partial charge in [-0.15, -0.1) is 0 Å². The van der Waals surface area contributed by atoms with Crippen molar-refractivity contribution >= 4 is 15.9 Å². The Morgan fingerprint density at radius 2 is 1.84 bits per heavy atom. The molecule has 1 unspecified atom stereocenters. The predicted octanol–water partition coefficient (Wildman–Crippen LogP) is 4.89. The minimum Gasteiger partial charge on any atom is -0.389 e. The fourth-order valence-electron chi connectivity index (χ4n) is 1.68. The Labute approximate surface area is 126 Å². The molecule has 2 nitrogen and oxygen atoms in total. The third-order valence-electron chi connectivity index (χ3n) is 3.13. The van der Waals surface area contributed by atoms with E-state index in [1.54, 1.807) is 0 Å². The van der Waals surface area contributed by atoms with Gasteiger partial charge in [0.25, 0.3) is 0 Å². The highest BCUT2D eigenvalue weighted by molar-refractivity contribution is 9.09. The van der Waals surface area contributed by atoms with Crippen molar-refractivity contribution in [3.8, 4) is 6.07 Å². The van der Waals surface area contributed by atoms with Gasteiger partial charge in [0, 0.05) is 4.83 Å². The predicted molar refractivity (Wildman–Crippen MR) is 85.2 cm³/mol. The summed E-state index contributed by atoms with van der Waals surface area (Å²) in [4.78, 5) is 0.126. The zero-order chi connectivity index (χ0) is 14.9. The monoisotopic (exact) mass is 327 g/mol. The molecule has 0 bridgehead atoms. The van der Waals surface area contributed by atoms with Crippen LogP contribution in [0.1, 0.15) is 59.8 Å². The summed E-state index contributed by atoms with van der Waals surface area (Å²) in [7, 11) is 0. The lowest BCUT2D eigenvalue weighted by molar-refractivity contribution is 0.0774. The van der Waals surface area contributed by atoms with Crippen molar-refractivity contribution in [2.45, 2.75) is 70.2 Å². The van der Waals surface area contributed by atoms with E-state index in [2.05, 4.69) is 41.9 Å². The average molecular weight is 328 g/mol. The van der Waals surface area contributed by atoms with Crippen LogP contribution in [0.3, 0.4) is 0 Å².